The minimum Gasteiger partial charge on any atom is -2.00 e. The van der Waals surface area contributed by atoms with Crippen molar-refractivity contribution in [3.63, 3.8) is 0 Å². The van der Waals surface area contributed by atoms with Crippen LogP contribution in [0.4, 0.5) is 0 Å². The SMILES string of the molecule is C1CCC2C3NC(NC4NC(NC5NC(NC6NC(N3)C3CCCCC63)C3CCCCC53)C3CCCCC43)C2C1.[Mo+4].[S-2].[S-2]. The minimum atomic E-state index is 0. The van der Waals surface area contributed by atoms with Gasteiger partial charge < -0.3 is 27.0 Å². The van der Waals surface area contributed by atoms with Gasteiger partial charge in [-0.25, -0.2) is 0 Å². The summed E-state index contributed by atoms with van der Waals surface area (Å²) >= 11 is 0. The van der Waals surface area contributed by atoms with Gasteiger partial charge in [0.15, 0.2) is 0 Å². The summed E-state index contributed by atoms with van der Waals surface area (Å²) in [6, 6.07) is 0. The minimum absolute atomic E-state index is 0. The molecular weight excluding hydrogens is 656 g/mol. The van der Waals surface area contributed by atoms with Gasteiger partial charge in [0.05, 0.1) is 49.3 Å². The molecule has 8 nitrogen and oxygen atoms in total. The van der Waals surface area contributed by atoms with Crippen molar-refractivity contribution in [2.45, 2.75) is 152 Å². The van der Waals surface area contributed by atoms with Crippen molar-refractivity contribution < 1.29 is 21.1 Å². The molecule has 8 unspecified atom stereocenters. The van der Waals surface area contributed by atoms with E-state index in [2.05, 4.69) is 42.5 Å². The number of nitrogens with one attached hydrogen (secondary N) is 8. The van der Waals surface area contributed by atoms with Gasteiger partial charge in [0.1, 0.15) is 0 Å². The molecule has 9 rings (SSSR count). The van der Waals surface area contributed by atoms with Gasteiger partial charge in [0.2, 0.25) is 0 Å². The molecule has 8 bridgehead atoms. The monoisotopic (exact) mass is 714 g/mol. The molecule has 9 fully saturated rings. The molecule has 11 heteroatoms. The molecule has 8 atom stereocenters. The van der Waals surface area contributed by atoms with E-state index in [0.717, 1.165) is 47.3 Å². The van der Waals surface area contributed by atoms with E-state index >= 15 is 0 Å². The van der Waals surface area contributed by atoms with Crippen LogP contribution in [0.25, 0.3) is 0 Å². The van der Waals surface area contributed by atoms with Crippen molar-refractivity contribution in [3.05, 3.63) is 0 Å². The standard InChI is InChI=1S/C32H56N8.Mo.2S/c1-2-10-18-17(9-1)25-33-26(18)38-28-21-13-5-6-14-22(21)30(35-28)40-32-24-16-8-7-15-23(24)31(36-32)39-29-20-12-4-3-11-19(20)27(34-29)37-25;;;/h17-40H,1-16H2;;;/q;+4;2*-2. The molecule has 0 aromatic heterocycles. The average Bonchev–Trinajstić information content (AvgIpc) is 3.73. The summed E-state index contributed by atoms with van der Waals surface area (Å²) in [5.74, 6) is 5.97. The van der Waals surface area contributed by atoms with Gasteiger partial charge in [0, 0.05) is 0 Å². The quantitative estimate of drug-likeness (QED) is 0.182. The van der Waals surface area contributed by atoms with Crippen LogP contribution in [-0.2, 0) is 48.1 Å². The predicted octanol–water partition coefficient (Wildman–Crippen LogP) is 2.60. The molecule has 4 saturated carbocycles. The van der Waals surface area contributed by atoms with E-state index in [1.807, 2.05) is 0 Å². The molecule has 242 valence electrons. The van der Waals surface area contributed by atoms with Gasteiger partial charge in [-0.2, -0.15) is 0 Å². The summed E-state index contributed by atoms with van der Waals surface area (Å²) < 4.78 is 0. The van der Waals surface area contributed by atoms with Gasteiger partial charge in [-0.1, -0.05) is 51.4 Å². The third-order valence-corrected chi connectivity index (χ3v) is 13.8. The summed E-state index contributed by atoms with van der Waals surface area (Å²) in [6.07, 6.45) is 25.6. The molecule has 5 heterocycles. The maximum absolute atomic E-state index is 4.26. The smallest absolute Gasteiger partial charge is 2.00 e. The second kappa shape index (κ2) is 14.3. The first-order chi connectivity index (χ1) is 19.8. The van der Waals surface area contributed by atoms with Gasteiger partial charge in [-0.05, 0) is 98.7 Å². The van der Waals surface area contributed by atoms with Crippen molar-refractivity contribution >= 4 is 27.0 Å². The molecule has 0 aromatic rings. The Morgan fingerprint density at radius 3 is 0.465 bits per heavy atom. The largest absolute Gasteiger partial charge is 4.00 e. The molecule has 9 aliphatic rings. The maximum atomic E-state index is 4.26. The summed E-state index contributed by atoms with van der Waals surface area (Å²) in [5, 5.41) is 33.8. The van der Waals surface area contributed by atoms with E-state index in [1.165, 1.54) is 103 Å². The molecule has 5 aliphatic heterocycles. The van der Waals surface area contributed by atoms with Crippen LogP contribution in [0.2, 0.25) is 0 Å². The van der Waals surface area contributed by atoms with Crippen LogP contribution in [0.3, 0.4) is 0 Å². The van der Waals surface area contributed by atoms with E-state index in [-0.39, 0.29) is 48.1 Å². The van der Waals surface area contributed by atoms with Crippen molar-refractivity contribution in [1.29, 1.82) is 0 Å². The zero-order valence-corrected chi connectivity index (χ0v) is 29.4. The Morgan fingerprint density at radius 2 is 0.349 bits per heavy atom. The first-order valence-electron chi connectivity index (χ1n) is 17.9. The zero-order valence-electron chi connectivity index (χ0n) is 25.8. The summed E-state index contributed by atoms with van der Waals surface area (Å²) in [5.41, 5.74) is 0. The molecule has 0 spiro atoms. The van der Waals surface area contributed by atoms with Crippen molar-refractivity contribution in [1.82, 2.24) is 42.5 Å². The Hall–Kier alpha value is 1.07. The molecule has 0 radical (unpaired) electrons. The van der Waals surface area contributed by atoms with E-state index in [9.17, 15) is 0 Å². The predicted molar refractivity (Wildman–Crippen MR) is 172 cm³/mol. The van der Waals surface area contributed by atoms with E-state index in [1.54, 1.807) is 0 Å². The number of hydrogen-bond acceptors (Lipinski definition) is 8. The Kier molecular flexibility index (Phi) is 11.3. The number of hydrogen-bond donors (Lipinski definition) is 8. The Morgan fingerprint density at radius 1 is 0.233 bits per heavy atom. The molecule has 8 N–H and O–H groups in total. The van der Waals surface area contributed by atoms with Crippen molar-refractivity contribution in [2.24, 2.45) is 47.3 Å². The Bertz CT molecular complexity index is 728. The van der Waals surface area contributed by atoms with Crippen molar-refractivity contribution in [2.75, 3.05) is 0 Å². The van der Waals surface area contributed by atoms with Gasteiger partial charge in [0.25, 0.3) is 0 Å². The average molecular weight is 713 g/mol. The van der Waals surface area contributed by atoms with Crippen molar-refractivity contribution in [3.8, 4) is 0 Å². The zero-order chi connectivity index (χ0) is 26.2. The topological polar surface area (TPSA) is 96.2 Å². The van der Waals surface area contributed by atoms with E-state index in [4.69, 9.17) is 0 Å². The second-order valence-electron chi connectivity index (χ2n) is 15.6. The van der Waals surface area contributed by atoms with Gasteiger partial charge in [-0.15, -0.1) is 0 Å². The molecule has 0 aromatic carbocycles. The van der Waals surface area contributed by atoms with Crippen LogP contribution in [0.5, 0.6) is 0 Å². The van der Waals surface area contributed by atoms with E-state index < -0.39 is 0 Å². The molecule has 4 aliphatic carbocycles. The fourth-order valence-electron chi connectivity index (χ4n) is 12.0. The maximum Gasteiger partial charge on any atom is 4.00 e. The number of fused-ring (bicyclic) bond motifs is 20. The van der Waals surface area contributed by atoms with Crippen LogP contribution in [0.1, 0.15) is 103 Å². The summed E-state index contributed by atoms with van der Waals surface area (Å²) in [7, 11) is 0. The molecular formula is C32H56MoN8S2. The van der Waals surface area contributed by atoms with Crippen LogP contribution < -0.4 is 42.5 Å². The van der Waals surface area contributed by atoms with Crippen LogP contribution >= 0.6 is 0 Å². The third kappa shape index (κ3) is 6.11. The molecule has 5 saturated heterocycles. The Balaban J connectivity index is 0.00000110. The first-order valence-corrected chi connectivity index (χ1v) is 17.9. The second-order valence-corrected chi connectivity index (χ2v) is 15.6. The van der Waals surface area contributed by atoms with Crippen LogP contribution in [0, 0.1) is 47.3 Å². The molecule has 43 heavy (non-hydrogen) atoms. The van der Waals surface area contributed by atoms with E-state index in [0.29, 0.717) is 49.3 Å². The van der Waals surface area contributed by atoms with Gasteiger partial charge in [-0.3, -0.25) is 42.5 Å². The van der Waals surface area contributed by atoms with Gasteiger partial charge >= 0.3 is 21.1 Å². The fourth-order valence-corrected chi connectivity index (χ4v) is 12.0. The first kappa shape index (κ1) is 34.0. The number of rotatable bonds is 0. The molecule has 0 amide bonds. The Labute approximate surface area is 288 Å². The summed E-state index contributed by atoms with van der Waals surface area (Å²) in [4.78, 5) is 0. The normalized spacial score (nSPS) is 53.6. The van der Waals surface area contributed by atoms with Crippen LogP contribution in [-0.4, -0.2) is 49.3 Å². The summed E-state index contributed by atoms with van der Waals surface area (Å²) in [6.45, 7) is 0. The third-order valence-electron chi connectivity index (χ3n) is 13.8. The van der Waals surface area contributed by atoms with Crippen LogP contribution in [0.15, 0.2) is 0 Å². The fraction of sp³-hybridized carbons (Fsp3) is 1.00.